The van der Waals surface area contributed by atoms with Crippen molar-refractivity contribution in [3.8, 4) is 0 Å². The number of aliphatic hydroxyl groups is 1. The van der Waals surface area contributed by atoms with Crippen molar-refractivity contribution in [2.45, 2.75) is 32.1 Å². The second-order valence-electron chi connectivity index (χ2n) is 4.20. The van der Waals surface area contributed by atoms with Crippen LogP contribution in [0.2, 0.25) is 0 Å². The van der Waals surface area contributed by atoms with Crippen LogP contribution in [-0.4, -0.2) is 37.0 Å². The molecule has 0 aliphatic carbocycles. The summed E-state index contributed by atoms with van der Waals surface area (Å²) in [5, 5.41) is 11.6. The van der Waals surface area contributed by atoms with E-state index in [1.807, 2.05) is 0 Å². The lowest BCUT2D eigenvalue weighted by molar-refractivity contribution is -0.116. The van der Waals surface area contributed by atoms with Crippen LogP contribution in [0.5, 0.6) is 0 Å². The van der Waals surface area contributed by atoms with Gasteiger partial charge in [-0.25, -0.2) is 9.97 Å². The van der Waals surface area contributed by atoms with Gasteiger partial charge in [-0.2, -0.15) is 0 Å². The summed E-state index contributed by atoms with van der Waals surface area (Å²) in [6, 6.07) is 0. The smallest absolute Gasteiger partial charge is 0.143 e. The molecule has 1 rings (SSSR count). The summed E-state index contributed by atoms with van der Waals surface area (Å²) in [5.74, 6) is 1.02. The Kier molecular flexibility index (Phi) is 6.83. The molecule has 6 nitrogen and oxygen atoms in total. The molecule has 1 aromatic rings. The van der Waals surface area contributed by atoms with Crippen molar-refractivity contribution < 1.29 is 9.90 Å². The Morgan fingerprint density at radius 3 is 2.90 bits per heavy atom. The lowest BCUT2D eigenvalue weighted by atomic mass is 10.2. The minimum atomic E-state index is -0.327. The first-order valence-corrected chi connectivity index (χ1v) is 7.36. The number of nitrogens with one attached hydrogen (secondary N) is 1. The fraction of sp³-hybridized carbons (Fsp3) is 0.500. The molecule has 1 heterocycles. The van der Waals surface area contributed by atoms with E-state index in [1.165, 1.54) is 18.7 Å². The minimum absolute atomic E-state index is 0.00798. The molecule has 0 amide bonds. The molecule has 0 aromatic carbocycles. The van der Waals surface area contributed by atoms with Gasteiger partial charge in [-0.15, -0.1) is 0 Å². The van der Waals surface area contributed by atoms with Crippen LogP contribution in [-0.2, 0) is 11.3 Å². The second-order valence-corrected chi connectivity index (χ2v) is 6.08. The standard InChI is InChI=1S/C12H18N4O2S2/c1-7(18)10(3-4-17)20-12(19)15-6-9-5-14-8(2)16-11(9)13/h5,10,17H,3-4,6H2,1-2H3,(H,15,19)(H2,13,14,16). The van der Waals surface area contributed by atoms with Gasteiger partial charge in [0.2, 0.25) is 0 Å². The van der Waals surface area contributed by atoms with Crippen molar-refractivity contribution in [3.63, 3.8) is 0 Å². The Balaban J connectivity index is 2.52. The maximum atomic E-state index is 11.4. The normalized spacial score (nSPS) is 11.9. The Morgan fingerprint density at radius 1 is 1.65 bits per heavy atom. The summed E-state index contributed by atoms with van der Waals surface area (Å²) in [6.45, 7) is 3.61. The molecule has 1 aromatic heterocycles. The van der Waals surface area contributed by atoms with Crippen LogP contribution in [0.4, 0.5) is 5.82 Å². The van der Waals surface area contributed by atoms with Crippen LogP contribution in [0.1, 0.15) is 24.7 Å². The third-order valence-corrected chi connectivity index (χ3v) is 4.18. The first-order chi connectivity index (χ1) is 9.43. The Bertz CT molecular complexity index is 496. The number of Topliss-reactive ketones (excluding diaryl/α,β-unsaturated/α-hetero) is 1. The SMILES string of the molecule is CC(=O)C(CCO)SC(=S)NCc1cnc(C)nc1N. The van der Waals surface area contributed by atoms with Crippen molar-refractivity contribution in [2.24, 2.45) is 0 Å². The molecule has 1 unspecified atom stereocenters. The molecule has 0 spiro atoms. The summed E-state index contributed by atoms with van der Waals surface area (Å²) < 4.78 is 0.485. The van der Waals surface area contributed by atoms with Gasteiger partial charge in [0.1, 0.15) is 21.7 Å². The Labute approximate surface area is 127 Å². The first-order valence-electron chi connectivity index (χ1n) is 6.07. The van der Waals surface area contributed by atoms with Crippen LogP contribution in [0, 0.1) is 6.92 Å². The number of nitrogens with zero attached hydrogens (tertiary/aromatic N) is 2. The quantitative estimate of drug-likeness (QED) is 0.663. The summed E-state index contributed by atoms with van der Waals surface area (Å²) in [6.07, 6.45) is 2.03. The molecule has 8 heteroatoms. The topological polar surface area (TPSA) is 101 Å². The van der Waals surface area contributed by atoms with Crippen LogP contribution >= 0.6 is 24.0 Å². The Morgan fingerprint density at radius 2 is 2.35 bits per heavy atom. The molecule has 110 valence electrons. The molecule has 0 aliphatic rings. The van der Waals surface area contributed by atoms with Crippen molar-refractivity contribution in [2.75, 3.05) is 12.3 Å². The number of aromatic nitrogens is 2. The highest BCUT2D eigenvalue weighted by molar-refractivity contribution is 8.23. The average Bonchev–Trinajstić information content (AvgIpc) is 2.37. The molecular weight excluding hydrogens is 296 g/mol. The second kappa shape index (κ2) is 8.13. The fourth-order valence-electron chi connectivity index (χ4n) is 1.45. The van der Waals surface area contributed by atoms with E-state index in [4.69, 9.17) is 23.1 Å². The minimum Gasteiger partial charge on any atom is -0.396 e. The highest BCUT2D eigenvalue weighted by atomic mass is 32.2. The van der Waals surface area contributed by atoms with Gasteiger partial charge in [0.25, 0.3) is 0 Å². The van der Waals surface area contributed by atoms with Crippen molar-refractivity contribution >= 4 is 39.9 Å². The van der Waals surface area contributed by atoms with Crippen LogP contribution in [0.15, 0.2) is 6.20 Å². The number of rotatable bonds is 6. The summed E-state index contributed by atoms with van der Waals surface area (Å²) in [5.41, 5.74) is 6.53. The third kappa shape index (κ3) is 5.40. The number of anilines is 1. The van der Waals surface area contributed by atoms with Crippen molar-refractivity contribution in [1.82, 2.24) is 15.3 Å². The third-order valence-electron chi connectivity index (χ3n) is 2.54. The maximum absolute atomic E-state index is 11.4. The monoisotopic (exact) mass is 314 g/mol. The predicted molar refractivity (Wildman–Crippen MR) is 84.4 cm³/mol. The maximum Gasteiger partial charge on any atom is 0.143 e. The number of hydrogen-bond acceptors (Lipinski definition) is 7. The van der Waals surface area contributed by atoms with Crippen molar-refractivity contribution in [3.05, 3.63) is 17.6 Å². The van der Waals surface area contributed by atoms with E-state index in [0.29, 0.717) is 28.9 Å². The van der Waals surface area contributed by atoms with Gasteiger partial charge in [0.05, 0.1) is 5.25 Å². The molecular formula is C12H18N4O2S2. The molecule has 0 bridgehead atoms. The number of carbonyl (C=O) groups excluding carboxylic acids is 1. The number of hydrogen-bond donors (Lipinski definition) is 3. The first kappa shape index (κ1) is 16.8. The van der Waals surface area contributed by atoms with Crippen molar-refractivity contribution in [1.29, 1.82) is 0 Å². The van der Waals surface area contributed by atoms with E-state index in [-0.39, 0.29) is 17.6 Å². The van der Waals surface area contributed by atoms with Crippen LogP contribution in [0.25, 0.3) is 0 Å². The molecule has 0 aliphatic heterocycles. The molecule has 1 atom stereocenters. The molecule has 0 saturated heterocycles. The van der Waals surface area contributed by atoms with E-state index < -0.39 is 0 Å². The number of nitrogens with two attached hydrogens (primary N) is 1. The number of aliphatic hydroxyl groups excluding tert-OH is 1. The summed E-state index contributed by atoms with van der Waals surface area (Å²) in [7, 11) is 0. The lowest BCUT2D eigenvalue weighted by Crippen LogP contribution is -2.25. The zero-order chi connectivity index (χ0) is 15.1. The van der Waals surface area contributed by atoms with Gasteiger partial charge in [-0.1, -0.05) is 24.0 Å². The lowest BCUT2D eigenvalue weighted by Gasteiger charge is -2.14. The number of carbonyl (C=O) groups is 1. The van der Waals surface area contributed by atoms with E-state index in [0.717, 1.165) is 5.56 Å². The van der Waals surface area contributed by atoms with Gasteiger partial charge in [-0.05, 0) is 20.3 Å². The molecule has 0 saturated carbocycles. The molecule has 4 N–H and O–H groups in total. The number of ketones is 1. The van der Waals surface area contributed by atoms with E-state index in [2.05, 4.69) is 15.3 Å². The van der Waals surface area contributed by atoms with E-state index >= 15 is 0 Å². The van der Waals surface area contributed by atoms with Gasteiger partial charge < -0.3 is 16.2 Å². The highest BCUT2D eigenvalue weighted by Crippen LogP contribution is 2.17. The fourth-order valence-corrected chi connectivity index (χ4v) is 2.67. The van der Waals surface area contributed by atoms with Crippen LogP contribution < -0.4 is 11.1 Å². The number of nitrogen functional groups attached to an aromatic ring is 1. The predicted octanol–water partition coefficient (Wildman–Crippen LogP) is 0.815. The molecule has 0 fully saturated rings. The number of thioether (sulfide) groups is 1. The zero-order valence-corrected chi connectivity index (χ0v) is 13.1. The molecule has 0 radical (unpaired) electrons. The molecule has 20 heavy (non-hydrogen) atoms. The van der Waals surface area contributed by atoms with Crippen LogP contribution in [0.3, 0.4) is 0 Å². The van der Waals surface area contributed by atoms with Gasteiger partial charge in [0.15, 0.2) is 0 Å². The summed E-state index contributed by atoms with van der Waals surface area (Å²) in [4.78, 5) is 19.5. The van der Waals surface area contributed by atoms with Gasteiger partial charge >= 0.3 is 0 Å². The largest absolute Gasteiger partial charge is 0.396 e. The van der Waals surface area contributed by atoms with Gasteiger partial charge in [0, 0.05) is 24.9 Å². The van der Waals surface area contributed by atoms with Gasteiger partial charge in [-0.3, -0.25) is 4.79 Å². The van der Waals surface area contributed by atoms with E-state index in [1.54, 1.807) is 13.1 Å². The average molecular weight is 314 g/mol. The Hall–Kier alpha value is -1.25. The zero-order valence-electron chi connectivity index (χ0n) is 11.4. The summed E-state index contributed by atoms with van der Waals surface area (Å²) >= 11 is 6.40. The van der Waals surface area contributed by atoms with E-state index in [9.17, 15) is 4.79 Å². The highest BCUT2D eigenvalue weighted by Gasteiger charge is 2.16. The number of thiocarbonyl (C=S) groups is 1. The number of aryl methyl sites for hydroxylation is 1.